The lowest BCUT2D eigenvalue weighted by Crippen LogP contribution is -2.22. The second kappa shape index (κ2) is 6.20. The molecular formula is C11H13ClN2O3. The molecule has 0 saturated heterocycles. The van der Waals surface area contributed by atoms with Crippen molar-refractivity contribution in [2.45, 2.75) is 19.8 Å². The lowest BCUT2D eigenvalue weighted by atomic mass is 10.2. The number of nitrogens with zero attached hydrogens (tertiary/aromatic N) is 2. The number of unbranched alkanes of at least 4 members (excludes halogenated alkanes) is 1. The number of rotatable bonds is 5. The van der Waals surface area contributed by atoms with E-state index >= 15 is 0 Å². The summed E-state index contributed by atoms with van der Waals surface area (Å²) >= 11 is 5.80. The van der Waals surface area contributed by atoms with Crippen LogP contribution in [0.1, 0.15) is 30.1 Å². The third-order valence-corrected chi connectivity index (χ3v) is 2.58. The van der Waals surface area contributed by atoms with E-state index in [0.717, 1.165) is 17.3 Å². The fraction of sp³-hybridized carbons (Fsp3) is 0.364. The van der Waals surface area contributed by atoms with Crippen LogP contribution < -0.4 is 0 Å². The van der Waals surface area contributed by atoms with Gasteiger partial charge in [0.2, 0.25) is 0 Å². The van der Waals surface area contributed by atoms with Gasteiger partial charge in [-0.05, 0) is 18.6 Å². The number of hydrogen-bond acceptors (Lipinski definition) is 3. The molecule has 0 radical (unpaired) electrons. The van der Waals surface area contributed by atoms with E-state index in [0.29, 0.717) is 12.1 Å². The van der Waals surface area contributed by atoms with Crippen LogP contribution in [-0.2, 0) is 0 Å². The Morgan fingerprint density at radius 2 is 2.00 bits per heavy atom. The highest BCUT2D eigenvalue weighted by Crippen LogP contribution is 2.14. The molecule has 1 aromatic rings. The Kier molecular flexibility index (Phi) is 4.90. The van der Waals surface area contributed by atoms with Crippen LogP contribution in [0.25, 0.3) is 0 Å². The molecule has 5 nitrogen and oxygen atoms in total. The molecule has 0 bridgehead atoms. The number of carbonyl (C=O) groups excluding carboxylic acids is 1. The van der Waals surface area contributed by atoms with Crippen molar-refractivity contribution < 1.29 is 9.72 Å². The van der Waals surface area contributed by atoms with Crippen LogP contribution >= 0.6 is 11.8 Å². The number of amides is 1. The van der Waals surface area contributed by atoms with Gasteiger partial charge in [-0.2, -0.15) is 0 Å². The Hall–Kier alpha value is -1.62. The van der Waals surface area contributed by atoms with Crippen molar-refractivity contribution in [3.8, 4) is 0 Å². The number of hydrogen-bond donors (Lipinski definition) is 0. The highest BCUT2D eigenvalue weighted by atomic mass is 35.5. The van der Waals surface area contributed by atoms with Crippen molar-refractivity contribution in [1.82, 2.24) is 4.42 Å². The van der Waals surface area contributed by atoms with E-state index < -0.39 is 4.92 Å². The first kappa shape index (κ1) is 13.4. The van der Waals surface area contributed by atoms with Crippen LogP contribution in [0.15, 0.2) is 24.3 Å². The van der Waals surface area contributed by atoms with Crippen LogP contribution in [0, 0.1) is 10.1 Å². The van der Waals surface area contributed by atoms with Gasteiger partial charge in [0, 0.05) is 36.0 Å². The third kappa shape index (κ3) is 3.71. The van der Waals surface area contributed by atoms with E-state index in [9.17, 15) is 14.9 Å². The molecule has 0 aromatic heterocycles. The Balaban J connectivity index is 2.72. The molecule has 0 N–H and O–H groups in total. The minimum absolute atomic E-state index is 0.0452. The van der Waals surface area contributed by atoms with Crippen LogP contribution in [0.2, 0.25) is 0 Å². The first-order chi connectivity index (χ1) is 8.06. The molecule has 17 heavy (non-hydrogen) atoms. The Labute approximate surface area is 104 Å². The molecular weight excluding hydrogens is 244 g/mol. The van der Waals surface area contributed by atoms with Gasteiger partial charge in [0.25, 0.3) is 11.6 Å². The summed E-state index contributed by atoms with van der Waals surface area (Å²) in [7, 11) is 0. The van der Waals surface area contributed by atoms with Gasteiger partial charge in [0.05, 0.1) is 4.92 Å². The lowest BCUT2D eigenvalue weighted by Gasteiger charge is -2.12. The molecule has 1 aromatic carbocycles. The molecule has 1 rings (SSSR count). The molecule has 0 heterocycles. The fourth-order valence-corrected chi connectivity index (χ4v) is 1.48. The molecule has 0 fully saturated rings. The van der Waals surface area contributed by atoms with Crippen molar-refractivity contribution in [2.24, 2.45) is 0 Å². The van der Waals surface area contributed by atoms with E-state index in [1.165, 1.54) is 24.3 Å². The first-order valence-corrected chi connectivity index (χ1v) is 5.62. The Morgan fingerprint density at radius 1 is 1.41 bits per heavy atom. The molecule has 0 saturated carbocycles. The second-order valence-corrected chi connectivity index (χ2v) is 3.96. The standard InChI is InChI=1S/C11H13ClN2O3/c1-2-3-8-13(12)11(15)9-4-6-10(7-5-9)14(16)17/h4-7H,2-3,8H2,1H3. The summed E-state index contributed by atoms with van der Waals surface area (Å²) in [6.45, 7) is 2.47. The van der Waals surface area contributed by atoms with Crippen molar-refractivity contribution >= 4 is 23.4 Å². The normalized spacial score (nSPS) is 10.0. The van der Waals surface area contributed by atoms with Gasteiger partial charge in [-0.25, -0.2) is 0 Å². The Morgan fingerprint density at radius 3 is 2.47 bits per heavy atom. The van der Waals surface area contributed by atoms with E-state index in [4.69, 9.17) is 11.8 Å². The highest BCUT2D eigenvalue weighted by Gasteiger charge is 2.14. The molecule has 1 amide bonds. The van der Waals surface area contributed by atoms with Crippen molar-refractivity contribution in [2.75, 3.05) is 6.54 Å². The largest absolute Gasteiger partial charge is 0.269 e. The molecule has 0 aliphatic carbocycles. The van der Waals surface area contributed by atoms with Gasteiger partial charge in [0.1, 0.15) is 0 Å². The van der Waals surface area contributed by atoms with Crippen molar-refractivity contribution in [3.63, 3.8) is 0 Å². The van der Waals surface area contributed by atoms with Crippen LogP contribution in [0.3, 0.4) is 0 Å². The van der Waals surface area contributed by atoms with Crippen LogP contribution in [0.5, 0.6) is 0 Å². The van der Waals surface area contributed by atoms with Crippen LogP contribution in [0.4, 0.5) is 5.69 Å². The second-order valence-electron chi connectivity index (χ2n) is 3.55. The van der Waals surface area contributed by atoms with E-state index in [-0.39, 0.29) is 11.6 Å². The summed E-state index contributed by atoms with van der Waals surface area (Å²) in [4.78, 5) is 21.7. The van der Waals surface area contributed by atoms with Gasteiger partial charge in [-0.15, -0.1) is 0 Å². The number of halogens is 1. The summed E-state index contributed by atoms with van der Waals surface area (Å²) in [5.74, 6) is -0.338. The zero-order chi connectivity index (χ0) is 12.8. The minimum atomic E-state index is -0.510. The molecule has 0 unspecified atom stereocenters. The zero-order valence-electron chi connectivity index (χ0n) is 9.43. The topological polar surface area (TPSA) is 63.5 Å². The molecule has 0 atom stereocenters. The fourth-order valence-electron chi connectivity index (χ4n) is 1.26. The Bertz CT molecular complexity index is 406. The van der Waals surface area contributed by atoms with Crippen molar-refractivity contribution in [1.29, 1.82) is 0 Å². The van der Waals surface area contributed by atoms with Gasteiger partial charge in [-0.1, -0.05) is 13.3 Å². The van der Waals surface area contributed by atoms with E-state index in [1.54, 1.807) is 0 Å². The maximum atomic E-state index is 11.8. The summed E-state index contributed by atoms with van der Waals surface area (Å²) in [5, 5.41) is 10.4. The van der Waals surface area contributed by atoms with Gasteiger partial charge < -0.3 is 0 Å². The molecule has 92 valence electrons. The average Bonchev–Trinajstić information content (AvgIpc) is 2.35. The smallest absolute Gasteiger partial charge is 0.268 e. The predicted molar refractivity (Wildman–Crippen MR) is 64.9 cm³/mol. The van der Waals surface area contributed by atoms with Gasteiger partial charge >= 0.3 is 0 Å². The van der Waals surface area contributed by atoms with Gasteiger partial charge in [-0.3, -0.25) is 19.3 Å². The summed E-state index contributed by atoms with van der Waals surface area (Å²) in [5.41, 5.74) is 0.304. The maximum absolute atomic E-state index is 11.8. The van der Waals surface area contributed by atoms with Gasteiger partial charge in [0.15, 0.2) is 0 Å². The average molecular weight is 257 g/mol. The van der Waals surface area contributed by atoms with Crippen LogP contribution in [-0.4, -0.2) is 21.8 Å². The lowest BCUT2D eigenvalue weighted by molar-refractivity contribution is -0.384. The van der Waals surface area contributed by atoms with E-state index in [2.05, 4.69) is 0 Å². The highest BCUT2D eigenvalue weighted by molar-refractivity contribution is 6.24. The van der Waals surface area contributed by atoms with E-state index in [1.807, 2.05) is 6.92 Å². The summed E-state index contributed by atoms with van der Waals surface area (Å²) in [6, 6.07) is 5.39. The number of non-ortho nitro benzene ring substituents is 1. The SMILES string of the molecule is CCCCN(Cl)C(=O)c1ccc([N+](=O)[O-])cc1. The number of nitro groups is 1. The molecule has 0 spiro atoms. The van der Waals surface area contributed by atoms with Crippen molar-refractivity contribution in [3.05, 3.63) is 39.9 Å². The predicted octanol–water partition coefficient (Wildman–Crippen LogP) is 2.99. The number of benzene rings is 1. The summed E-state index contributed by atoms with van der Waals surface area (Å²) in [6.07, 6.45) is 1.76. The molecule has 6 heteroatoms. The third-order valence-electron chi connectivity index (χ3n) is 2.25. The minimum Gasteiger partial charge on any atom is -0.268 e. The molecule has 0 aliphatic heterocycles. The number of nitro benzene ring substituents is 1. The molecule has 0 aliphatic rings. The quantitative estimate of drug-likeness (QED) is 0.462. The summed E-state index contributed by atoms with van der Waals surface area (Å²) < 4.78 is 1.10. The monoisotopic (exact) mass is 256 g/mol. The number of carbonyl (C=O) groups is 1. The maximum Gasteiger partial charge on any atom is 0.269 e. The zero-order valence-corrected chi connectivity index (χ0v) is 10.2. The first-order valence-electron chi connectivity index (χ1n) is 5.28.